The summed E-state index contributed by atoms with van der Waals surface area (Å²) in [5.74, 6) is -0.0527. The highest BCUT2D eigenvalue weighted by molar-refractivity contribution is 7.87. The van der Waals surface area contributed by atoms with Crippen LogP contribution in [0.2, 0.25) is 0 Å². The van der Waals surface area contributed by atoms with E-state index in [4.69, 9.17) is 9.88 Å². The van der Waals surface area contributed by atoms with Crippen molar-refractivity contribution in [3.05, 3.63) is 88.4 Å². The zero-order valence-corrected chi connectivity index (χ0v) is 28.9. The van der Waals surface area contributed by atoms with Gasteiger partial charge in [-0.2, -0.15) is 8.42 Å². The molecule has 0 spiro atoms. The van der Waals surface area contributed by atoms with Crippen LogP contribution in [0, 0.1) is 0 Å². The van der Waals surface area contributed by atoms with Gasteiger partial charge in [0.05, 0.1) is 11.5 Å². The first-order valence-electron chi connectivity index (χ1n) is 15.7. The normalized spacial score (nSPS) is 12.4. The summed E-state index contributed by atoms with van der Waals surface area (Å²) in [7, 11) is -4.32. The van der Waals surface area contributed by atoms with E-state index < -0.39 is 28.1 Å². The van der Waals surface area contributed by atoms with Crippen LogP contribution in [0.25, 0.3) is 22.5 Å². The van der Waals surface area contributed by atoms with Crippen molar-refractivity contribution in [2.45, 2.75) is 77.7 Å². The topological polar surface area (TPSA) is 153 Å². The van der Waals surface area contributed by atoms with Crippen LogP contribution in [-0.2, 0) is 26.8 Å². The van der Waals surface area contributed by atoms with Gasteiger partial charge in [0.1, 0.15) is 11.8 Å². The number of aromatic nitrogens is 2. The van der Waals surface area contributed by atoms with Crippen molar-refractivity contribution in [2.75, 3.05) is 6.61 Å². The van der Waals surface area contributed by atoms with Crippen molar-refractivity contribution >= 4 is 33.4 Å². The van der Waals surface area contributed by atoms with Crippen molar-refractivity contribution in [2.24, 2.45) is 5.14 Å². The Morgan fingerprint density at radius 1 is 0.872 bits per heavy atom. The minimum absolute atomic E-state index is 0.0310. The Kier molecular flexibility index (Phi) is 12.3. The lowest BCUT2D eigenvalue weighted by molar-refractivity contribution is -0.121. The van der Waals surface area contributed by atoms with E-state index in [0.29, 0.717) is 22.9 Å². The van der Waals surface area contributed by atoms with Crippen LogP contribution < -0.4 is 19.9 Å². The van der Waals surface area contributed by atoms with E-state index in [-0.39, 0.29) is 11.8 Å². The molecule has 2 heterocycles. The lowest BCUT2D eigenvalue weighted by atomic mass is 9.95. The molecular weight excluding hydrogens is 635 g/mol. The van der Waals surface area contributed by atoms with E-state index in [1.54, 1.807) is 35.3 Å². The second kappa shape index (κ2) is 16.1. The summed E-state index contributed by atoms with van der Waals surface area (Å²) in [5.41, 5.74) is 3.14. The Hall–Kier alpha value is -4.13. The Balaban J connectivity index is 1.39. The van der Waals surface area contributed by atoms with Crippen molar-refractivity contribution in [1.29, 1.82) is 0 Å². The van der Waals surface area contributed by atoms with Crippen LogP contribution in [0.15, 0.2) is 73.1 Å². The van der Waals surface area contributed by atoms with Gasteiger partial charge in [-0.3, -0.25) is 9.59 Å². The number of benzene rings is 2. The van der Waals surface area contributed by atoms with Gasteiger partial charge in [-0.05, 0) is 47.2 Å². The molecule has 12 heteroatoms. The van der Waals surface area contributed by atoms with Gasteiger partial charge in [-0.15, -0.1) is 11.3 Å². The summed E-state index contributed by atoms with van der Waals surface area (Å²) in [5, 5.41) is 7.71. The molecule has 0 aliphatic rings. The lowest BCUT2D eigenvalue weighted by Crippen LogP contribution is -2.50. The molecule has 4 rings (SSSR count). The number of nitrogens with zero attached hydrogens (tertiary/aromatic N) is 2. The molecule has 0 saturated heterocycles. The van der Waals surface area contributed by atoms with Gasteiger partial charge in [0.25, 0.3) is 22.0 Å². The van der Waals surface area contributed by atoms with Gasteiger partial charge < -0.3 is 10.1 Å². The predicted molar refractivity (Wildman–Crippen MR) is 186 cm³/mol. The first kappa shape index (κ1) is 35.7. The van der Waals surface area contributed by atoms with E-state index in [1.807, 2.05) is 63.2 Å². The Morgan fingerprint density at radius 3 is 2.11 bits per heavy atom. The third-order valence-corrected chi connectivity index (χ3v) is 9.44. The SMILES string of the molecule is CCCCCCCOc1ccc(-c2cnc(-c3ccc(C[C@H](NC(=O)c4ccc(C(C)(C)C)s4)C(=O)NS(N)(=O)=O)cc3)nc2)cc1. The minimum atomic E-state index is -4.32. The van der Waals surface area contributed by atoms with Gasteiger partial charge in [0.15, 0.2) is 5.82 Å². The molecule has 0 bridgehead atoms. The van der Waals surface area contributed by atoms with Crippen molar-refractivity contribution in [1.82, 2.24) is 20.0 Å². The summed E-state index contributed by atoms with van der Waals surface area (Å²) in [6.07, 6.45) is 9.54. The fourth-order valence-corrected chi connectivity index (χ4v) is 6.19. The Labute approximate surface area is 281 Å². The maximum absolute atomic E-state index is 13.0. The second-order valence-electron chi connectivity index (χ2n) is 12.4. The zero-order chi connectivity index (χ0) is 34.0. The summed E-state index contributed by atoms with van der Waals surface area (Å²) in [4.78, 5) is 36.4. The van der Waals surface area contributed by atoms with Gasteiger partial charge in [-0.1, -0.05) is 89.8 Å². The lowest BCUT2D eigenvalue weighted by Gasteiger charge is -2.18. The highest BCUT2D eigenvalue weighted by Gasteiger charge is 2.26. The van der Waals surface area contributed by atoms with E-state index in [0.717, 1.165) is 33.7 Å². The maximum Gasteiger partial charge on any atom is 0.298 e. The molecule has 0 aliphatic carbocycles. The van der Waals surface area contributed by atoms with Crippen LogP contribution in [0.1, 0.15) is 79.9 Å². The number of rotatable bonds is 15. The third-order valence-electron chi connectivity index (χ3n) is 7.44. The number of carbonyl (C=O) groups excluding carboxylic acids is 2. The number of thiophene rings is 1. The van der Waals surface area contributed by atoms with Gasteiger partial charge in [0.2, 0.25) is 0 Å². The Morgan fingerprint density at radius 2 is 1.51 bits per heavy atom. The molecule has 2 aromatic heterocycles. The average molecular weight is 678 g/mol. The van der Waals surface area contributed by atoms with Crippen molar-refractivity contribution < 1.29 is 22.7 Å². The maximum atomic E-state index is 13.0. The standard InChI is InChI=1S/C35H43N5O5S2/c1-5-6-7-8-9-20-45-28-16-14-25(15-17-28)27-22-37-32(38-23-27)26-12-10-24(11-13-26)21-29(33(41)40-47(36,43)44)39-34(42)30-18-19-31(46-30)35(2,3)4/h10-19,22-23,29H,5-9,20-21H2,1-4H3,(H,39,42)(H,40,41)(H2,36,43,44)/t29-/m0/s1. The molecule has 4 aromatic rings. The van der Waals surface area contributed by atoms with Crippen LogP contribution in [-0.4, -0.2) is 42.8 Å². The molecule has 4 N–H and O–H groups in total. The van der Waals surface area contributed by atoms with Crippen molar-refractivity contribution in [3.63, 3.8) is 0 Å². The molecule has 2 amide bonds. The molecule has 0 radical (unpaired) electrons. The number of hydrogen-bond donors (Lipinski definition) is 3. The molecule has 0 aliphatic heterocycles. The fraction of sp³-hybridized carbons (Fsp3) is 0.371. The smallest absolute Gasteiger partial charge is 0.298 e. The van der Waals surface area contributed by atoms with Gasteiger partial charge in [-0.25, -0.2) is 19.8 Å². The molecule has 0 saturated carbocycles. The zero-order valence-electron chi connectivity index (χ0n) is 27.3. The summed E-state index contributed by atoms with van der Waals surface area (Å²) < 4.78 is 30.8. The number of nitrogens with one attached hydrogen (secondary N) is 2. The number of hydrogen-bond acceptors (Lipinski definition) is 8. The first-order chi connectivity index (χ1) is 22.3. The molecule has 0 unspecified atom stereocenters. The summed E-state index contributed by atoms with van der Waals surface area (Å²) >= 11 is 1.32. The largest absolute Gasteiger partial charge is 0.494 e. The van der Waals surface area contributed by atoms with Crippen LogP contribution in [0.3, 0.4) is 0 Å². The van der Waals surface area contributed by atoms with Crippen LogP contribution in [0.5, 0.6) is 5.75 Å². The van der Waals surface area contributed by atoms with Crippen LogP contribution >= 0.6 is 11.3 Å². The minimum Gasteiger partial charge on any atom is -0.494 e. The summed E-state index contributed by atoms with van der Waals surface area (Å²) in [6.45, 7) is 9.04. The summed E-state index contributed by atoms with van der Waals surface area (Å²) in [6, 6.07) is 17.4. The number of amides is 2. The highest BCUT2D eigenvalue weighted by atomic mass is 32.2. The molecule has 2 aromatic carbocycles. The molecule has 250 valence electrons. The molecule has 0 fully saturated rings. The molecular formula is C35H43N5O5S2. The van der Waals surface area contributed by atoms with E-state index in [9.17, 15) is 18.0 Å². The third kappa shape index (κ3) is 11.0. The first-order valence-corrected chi connectivity index (χ1v) is 18.1. The van der Waals surface area contributed by atoms with Gasteiger partial charge in [0, 0.05) is 34.8 Å². The highest BCUT2D eigenvalue weighted by Crippen LogP contribution is 2.29. The van der Waals surface area contributed by atoms with E-state index in [1.165, 1.54) is 37.0 Å². The monoisotopic (exact) mass is 677 g/mol. The van der Waals surface area contributed by atoms with E-state index in [2.05, 4.69) is 22.2 Å². The van der Waals surface area contributed by atoms with Crippen LogP contribution in [0.4, 0.5) is 0 Å². The average Bonchev–Trinajstić information content (AvgIpc) is 3.54. The van der Waals surface area contributed by atoms with Crippen molar-refractivity contribution in [3.8, 4) is 28.3 Å². The quantitative estimate of drug-likeness (QED) is 0.127. The second-order valence-corrected chi connectivity index (χ2v) is 14.8. The fourth-order valence-electron chi connectivity index (χ4n) is 4.80. The Bertz CT molecular complexity index is 1730. The number of unbranched alkanes of at least 4 members (excludes halogenated alkanes) is 4. The number of carbonyl (C=O) groups is 2. The number of nitrogens with two attached hydrogens (primary N) is 1. The molecule has 1 atom stereocenters. The predicted octanol–water partition coefficient (Wildman–Crippen LogP) is 6.18. The van der Waals surface area contributed by atoms with Gasteiger partial charge >= 0.3 is 0 Å². The molecule has 47 heavy (non-hydrogen) atoms. The number of ether oxygens (including phenoxy) is 1. The molecule has 10 nitrogen and oxygen atoms in total. The van der Waals surface area contributed by atoms with E-state index >= 15 is 0 Å².